The lowest BCUT2D eigenvalue weighted by Gasteiger charge is -2.09. The highest BCUT2D eigenvalue weighted by Gasteiger charge is 2.34. The number of rotatable bonds is 4. The number of hydrogen-bond donors (Lipinski definition) is 1. The Hall–Kier alpha value is -2.88. The molecule has 2 aromatic heterocycles. The van der Waals surface area contributed by atoms with E-state index < -0.39 is 27.8 Å². The van der Waals surface area contributed by atoms with Gasteiger partial charge in [0.2, 0.25) is 0 Å². The number of non-ortho nitro benzene ring substituents is 1. The van der Waals surface area contributed by atoms with Crippen molar-refractivity contribution in [3.05, 3.63) is 68.3 Å². The molecule has 0 unspecified atom stereocenters. The first kappa shape index (κ1) is 17.0. The van der Waals surface area contributed by atoms with Gasteiger partial charge in [-0.2, -0.15) is 13.2 Å². The zero-order valence-electron chi connectivity index (χ0n) is 12.3. The monoisotopic (exact) mass is 370 g/mol. The Balaban J connectivity index is 2.11. The van der Waals surface area contributed by atoms with Crippen LogP contribution in [0, 0.1) is 10.1 Å². The van der Waals surface area contributed by atoms with E-state index in [1.807, 2.05) is 0 Å². The van der Waals surface area contributed by atoms with Crippen LogP contribution in [0.5, 0.6) is 0 Å². The number of fused-ring (bicyclic) bond motifs is 1. The molecule has 0 fully saturated rings. The van der Waals surface area contributed by atoms with Gasteiger partial charge in [0, 0.05) is 17.5 Å². The third-order valence-electron chi connectivity index (χ3n) is 3.35. The van der Waals surface area contributed by atoms with E-state index in [1.165, 1.54) is 6.26 Å². The first-order valence-corrected chi connectivity index (χ1v) is 7.67. The maximum absolute atomic E-state index is 12.9. The van der Waals surface area contributed by atoms with E-state index in [1.54, 1.807) is 12.1 Å². The molecule has 0 aliphatic heterocycles. The Morgan fingerprint density at radius 2 is 2.04 bits per heavy atom. The molecule has 3 aromatic rings. The molecule has 130 valence electrons. The maximum Gasteiger partial charge on any atom is 0.416 e. The molecule has 0 radical (unpaired) electrons. The van der Waals surface area contributed by atoms with Crippen molar-refractivity contribution in [3.63, 3.8) is 0 Å². The predicted octanol–water partition coefficient (Wildman–Crippen LogP) is 4.39. The molecule has 0 aliphatic carbocycles. The molecule has 0 atom stereocenters. The van der Waals surface area contributed by atoms with E-state index in [0.29, 0.717) is 17.9 Å². The summed E-state index contributed by atoms with van der Waals surface area (Å²) in [4.78, 5) is 22.4. The number of nitrogens with one attached hydrogen (secondary N) is 1. The third-order valence-corrected chi connectivity index (χ3v) is 4.47. The van der Waals surface area contributed by atoms with Crippen molar-refractivity contribution < 1.29 is 22.5 Å². The van der Waals surface area contributed by atoms with Gasteiger partial charge in [-0.3, -0.25) is 14.9 Å². The number of nitro groups is 1. The summed E-state index contributed by atoms with van der Waals surface area (Å²) in [5.41, 5.74) is -2.72. The van der Waals surface area contributed by atoms with Gasteiger partial charge < -0.3 is 9.73 Å². The van der Waals surface area contributed by atoms with Crippen LogP contribution in [0.4, 0.5) is 23.9 Å². The van der Waals surface area contributed by atoms with Crippen molar-refractivity contribution in [2.45, 2.75) is 12.7 Å². The normalized spacial score (nSPS) is 11.6. The molecular formula is C15H9F3N2O4S. The quantitative estimate of drug-likeness (QED) is 0.544. The Kier molecular flexibility index (Phi) is 4.21. The van der Waals surface area contributed by atoms with E-state index in [2.05, 4.69) is 5.32 Å². The summed E-state index contributed by atoms with van der Waals surface area (Å²) in [5, 5.41) is 14.0. The molecule has 0 amide bonds. The minimum atomic E-state index is -4.79. The number of halogens is 3. The summed E-state index contributed by atoms with van der Waals surface area (Å²) in [5.74, 6) is 0.571. The fourth-order valence-electron chi connectivity index (χ4n) is 2.21. The standard InChI is InChI=1S/C15H9F3N2O4S/c16-15(17,18)8-4-10-12(21)6-13(19-7-9-2-1-3-24-9)25-14(10)11(5-8)20(22)23/h1-6,19H,7H2. The van der Waals surface area contributed by atoms with Gasteiger partial charge in [-0.15, -0.1) is 11.3 Å². The fraction of sp³-hybridized carbons (Fsp3) is 0.133. The number of furan rings is 1. The summed E-state index contributed by atoms with van der Waals surface area (Å²) in [7, 11) is 0. The van der Waals surface area contributed by atoms with E-state index >= 15 is 0 Å². The van der Waals surface area contributed by atoms with E-state index in [0.717, 1.165) is 17.4 Å². The van der Waals surface area contributed by atoms with E-state index in [-0.39, 0.29) is 21.6 Å². The van der Waals surface area contributed by atoms with Gasteiger partial charge in [0.1, 0.15) is 10.5 Å². The van der Waals surface area contributed by atoms with Crippen LogP contribution in [0.3, 0.4) is 0 Å². The molecule has 1 N–H and O–H groups in total. The van der Waals surface area contributed by atoms with Crippen LogP contribution in [-0.2, 0) is 12.7 Å². The van der Waals surface area contributed by atoms with Gasteiger partial charge in [-0.1, -0.05) is 0 Å². The van der Waals surface area contributed by atoms with Crippen molar-refractivity contribution in [3.8, 4) is 0 Å². The Labute approximate surface area is 141 Å². The minimum Gasteiger partial charge on any atom is -0.467 e. The molecular weight excluding hydrogens is 361 g/mol. The molecule has 2 heterocycles. The summed E-state index contributed by atoms with van der Waals surface area (Å²) >= 11 is 0.835. The van der Waals surface area contributed by atoms with Gasteiger partial charge in [-0.25, -0.2) is 0 Å². The number of nitrogens with zero attached hydrogens (tertiary/aromatic N) is 1. The second-order valence-electron chi connectivity index (χ2n) is 5.03. The summed E-state index contributed by atoms with van der Waals surface area (Å²) in [6, 6.07) is 5.55. The lowest BCUT2D eigenvalue weighted by molar-refractivity contribution is -0.383. The minimum absolute atomic E-state index is 0.118. The first-order chi connectivity index (χ1) is 11.8. The molecule has 3 rings (SSSR count). The smallest absolute Gasteiger partial charge is 0.416 e. The SMILES string of the molecule is O=c1cc(NCc2ccco2)sc2c([N+](=O)[O-])cc(C(F)(F)F)cc12. The molecule has 6 nitrogen and oxygen atoms in total. The average molecular weight is 370 g/mol. The van der Waals surface area contributed by atoms with Crippen molar-refractivity contribution >= 4 is 32.1 Å². The van der Waals surface area contributed by atoms with Crippen LogP contribution in [0.1, 0.15) is 11.3 Å². The number of alkyl halides is 3. The number of anilines is 1. The molecule has 0 saturated carbocycles. The molecule has 0 spiro atoms. The first-order valence-electron chi connectivity index (χ1n) is 6.85. The topological polar surface area (TPSA) is 85.4 Å². The van der Waals surface area contributed by atoms with Crippen LogP contribution in [0.25, 0.3) is 10.1 Å². The van der Waals surface area contributed by atoms with Crippen molar-refractivity contribution in [1.82, 2.24) is 0 Å². The summed E-state index contributed by atoms with van der Waals surface area (Å²) in [6.07, 6.45) is -3.32. The highest BCUT2D eigenvalue weighted by Crippen LogP contribution is 2.38. The van der Waals surface area contributed by atoms with Gasteiger partial charge in [0.25, 0.3) is 5.69 Å². The largest absolute Gasteiger partial charge is 0.467 e. The Morgan fingerprint density at radius 3 is 2.64 bits per heavy atom. The Bertz CT molecular complexity index is 996. The molecule has 0 bridgehead atoms. The number of nitro benzene ring substituents is 1. The van der Waals surface area contributed by atoms with Crippen LogP contribution >= 0.6 is 11.3 Å². The van der Waals surface area contributed by atoms with Crippen molar-refractivity contribution in [2.24, 2.45) is 0 Å². The molecule has 25 heavy (non-hydrogen) atoms. The third kappa shape index (κ3) is 3.48. The Morgan fingerprint density at radius 1 is 1.28 bits per heavy atom. The second-order valence-corrected chi connectivity index (χ2v) is 6.09. The number of hydrogen-bond acceptors (Lipinski definition) is 6. The van der Waals surface area contributed by atoms with E-state index in [4.69, 9.17) is 4.42 Å². The van der Waals surface area contributed by atoms with Crippen LogP contribution in [0.2, 0.25) is 0 Å². The predicted molar refractivity (Wildman–Crippen MR) is 85.8 cm³/mol. The maximum atomic E-state index is 12.9. The lowest BCUT2D eigenvalue weighted by atomic mass is 10.1. The zero-order valence-corrected chi connectivity index (χ0v) is 13.1. The van der Waals surface area contributed by atoms with Gasteiger partial charge in [-0.05, 0) is 18.2 Å². The summed E-state index contributed by atoms with van der Waals surface area (Å²) < 4.78 is 43.7. The van der Waals surface area contributed by atoms with Crippen molar-refractivity contribution in [1.29, 1.82) is 0 Å². The van der Waals surface area contributed by atoms with E-state index in [9.17, 15) is 28.1 Å². The van der Waals surface area contributed by atoms with Gasteiger partial charge in [0.15, 0.2) is 5.43 Å². The molecule has 0 saturated heterocycles. The molecule has 1 aromatic carbocycles. The second kappa shape index (κ2) is 6.20. The lowest BCUT2D eigenvalue weighted by Crippen LogP contribution is -2.09. The van der Waals surface area contributed by atoms with Crippen LogP contribution in [0.15, 0.2) is 45.8 Å². The fourth-order valence-corrected chi connectivity index (χ4v) is 3.25. The molecule has 10 heteroatoms. The van der Waals surface area contributed by atoms with Gasteiger partial charge >= 0.3 is 6.18 Å². The average Bonchev–Trinajstić information content (AvgIpc) is 3.04. The zero-order chi connectivity index (χ0) is 18.2. The van der Waals surface area contributed by atoms with Crippen molar-refractivity contribution in [2.75, 3.05) is 5.32 Å². The number of benzene rings is 1. The highest BCUT2D eigenvalue weighted by atomic mass is 32.1. The summed E-state index contributed by atoms with van der Waals surface area (Å²) in [6.45, 7) is 0.225. The molecule has 0 aliphatic rings. The van der Waals surface area contributed by atoms with Gasteiger partial charge in [0.05, 0.1) is 28.3 Å². The van der Waals surface area contributed by atoms with Crippen LogP contribution in [-0.4, -0.2) is 4.92 Å². The van der Waals surface area contributed by atoms with Crippen LogP contribution < -0.4 is 10.7 Å². The highest BCUT2D eigenvalue weighted by molar-refractivity contribution is 7.22.